The van der Waals surface area contributed by atoms with Crippen molar-refractivity contribution in [3.05, 3.63) is 35.1 Å². The molecule has 2 aromatic rings. The summed E-state index contributed by atoms with van der Waals surface area (Å²) in [5.41, 5.74) is -0.362. The molecular weight excluding hydrogens is 330 g/mol. The Morgan fingerprint density at radius 1 is 1.33 bits per heavy atom. The summed E-state index contributed by atoms with van der Waals surface area (Å²) in [6, 6.07) is 5.04. The lowest BCUT2D eigenvalue weighted by molar-refractivity contribution is 0.00693. The molecule has 1 aliphatic carbocycles. The van der Waals surface area contributed by atoms with E-state index in [0.717, 1.165) is 6.42 Å². The van der Waals surface area contributed by atoms with Gasteiger partial charge < -0.3 is 9.47 Å². The van der Waals surface area contributed by atoms with Gasteiger partial charge in [0.15, 0.2) is 5.82 Å². The van der Waals surface area contributed by atoms with Crippen LogP contribution < -0.4 is 4.74 Å². The number of ether oxygens (including phenoxy) is 2. The van der Waals surface area contributed by atoms with Crippen molar-refractivity contribution in [2.24, 2.45) is 5.92 Å². The van der Waals surface area contributed by atoms with Gasteiger partial charge in [-0.2, -0.15) is 0 Å². The van der Waals surface area contributed by atoms with Gasteiger partial charge in [0.1, 0.15) is 16.9 Å². The molecule has 0 N–H and O–H groups in total. The average molecular weight is 350 g/mol. The van der Waals surface area contributed by atoms with Crippen molar-refractivity contribution in [3.8, 4) is 11.7 Å². The van der Waals surface area contributed by atoms with Crippen molar-refractivity contribution in [1.82, 2.24) is 14.8 Å². The zero-order chi connectivity index (χ0) is 17.5. The minimum Gasteiger partial charge on any atom is -0.473 e. The van der Waals surface area contributed by atoms with Crippen LogP contribution in [0.25, 0.3) is 5.82 Å². The van der Waals surface area contributed by atoms with Crippen molar-refractivity contribution < 1.29 is 14.3 Å². The highest BCUT2D eigenvalue weighted by atomic mass is 35.5. The fourth-order valence-corrected chi connectivity index (χ4v) is 2.37. The molecule has 1 unspecified atom stereocenters. The first-order chi connectivity index (χ1) is 11.2. The van der Waals surface area contributed by atoms with E-state index in [0.29, 0.717) is 17.6 Å². The summed E-state index contributed by atoms with van der Waals surface area (Å²) in [5.74, 6) is 1.14. The van der Waals surface area contributed by atoms with Crippen LogP contribution in [-0.2, 0) is 4.74 Å². The molecule has 6 nitrogen and oxygen atoms in total. The van der Waals surface area contributed by atoms with Crippen LogP contribution in [0.2, 0.25) is 5.15 Å². The van der Waals surface area contributed by atoms with Crippen molar-refractivity contribution in [1.29, 1.82) is 0 Å². The summed E-state index contributed by atoms with van der Waals surface area (Å²) in [4.78, 5) is 16.3. The number of nitrogens with zero attached hydrogens (tertiary/aromatic N) is 3. The van der Waals surface area contributed by atoms with Gasteiger partial charge in [0, 0.05) is 12.3 Å². The number of hydrogen-bond acceptors (Lipinski definition) is 5. The predicted molar refractivity (Wildman–Crippen MR) is 89.7 cm³/mol. The van der Waals surface area contributed by atoms with Crippen molar-refractivity contribution in [2.75, 3.05) is 0 Å². The molecule has 128 valence electrons. The normalized spacial score (nSPS) is 19.9. The molecule has 7 heteroatoms. The second kappa shape index (κ2) is 6.09. The van der Waals surface area contributed by atoms with Crippen LogP contribution in [0.3, 0.4) is 0 Å². The smallest absolute Gasteiger partial charge is 0.341 e. The van der Waals surface area contributed by atoms with Gasteiger partial charge in [0.25, 0.3) is 0 Å². The standard InChI is InChI=1S/C17H20ClN3O3/c1-10-9-12(10)23-14-7-8-21(20-14)13-6-5-11(15(18)19-13)16(22)24-17(2,3)4/h5-8,10,12H,9H2,1-4H3/t10-,12?/m1/s1. The molecule has 2 atom stereocenters. The van der Waals surface area contributed by atoms with Crippen LogP contribution in [0.4, 0.5) is 0 Å². The largest absolute Gasteiger partial charge is 0.473 e. The Hall–Kier alpha value is -2.08. The molecule has 2 aromatic heterocycles. The molecule has 0 saturated heterocycles. The molecule has 0 aromatic carbocycles. The van der Waals surface area contributed by atoms with E-state index >= 15 is 0 Å². The Morgan fingerprint density at radius 2 is 2.04 bits per heavy atom. The topological polar surface area (TPSA) is 66.2 Å². The van der Waals surface area contributed by atoms with Crippen LogP contribution >= 0.6 is 11.6 Å². The van der Waals surface area contributed by atoms with E-state index in [-0.39, 0.29) is 16.8 Å². The molecule has 24 heavy (non-hydrogen) atoms. The lowest BCUT2D eigenvalue weighted by Crippen LogP contribution is -2.24. The third-order valence-electron chi connectivity index (χ3n) is 3.56. The Morgan fingerprint density at radius 3 is 2.62 bits per heavy atom. The van der Waals surface area contributed by atoms with Gasteiger partial charge in [-0.3, -0.25) is 0 Å². The molecule has 0 amide bonds. The summed E-state index contributed by atoms with van der Waals surface area (Å²) in [6.07, 6.45) is 3.05. The number of esters is 1. The monoisotopic (exact) mass is 349 g/mol. The zero-order valence-corrected chi connectivity index (χ0v) is 14.9. The summed E-state index contributed by atoms with van der Waals surface area (Å²) in [7, 11) is 0. The first-order valence-electron chi connectivity index (χ1n) is 7.85. The minimum absolute atomic E-state index is 0.0792. The van der Waals surface area contributed by atoms with E-state index < -0.39 is 11.6 Å². The van der Waals surface area contributed by atoms with Crippen LogP contribution in [-0.4, -0.2) is 32.4 Å². The highest BCUT2D eigenvalue weighted by molar-refractivity contribution is 6.32. The molecule has 0 radical (unpaired) electrons. The average Bonchev–Trinajstić information content (AvgIpc) is 2.96. The maximum absolute atomic E-state index is 12.1. The summed E-state index contributed by atoms with van der Waals surface area (Å²) in [5, 5.41) is 4.41. The fourth-order valence-electron chi connectivity index (χ4n) is 2.14. The number of pyridine rings is 1. The van der Waals surface area contributed by atoms with Crippen LogP contribution in [0.15, 0.2) is 24.4 Å². The zero-order valence-electron chi connectivity index (χ0n) is 14.1. The molecule has 2 heterocycles. The molecule has 0 aliphatic heterocycles. The Labute approximate surface area is 145 Å². The number of halogens is 1. The first kappa shape index (κ1) is 16.8. The summed E-state index contributed by atoms with van der Waals surface area (Å²) >= 11 is 6.14. The highest BCUT2D eigenvalue weighted by Crippen LogP contribution is 2.33. The Bertz CT molecular complexity index is 767. The van der Waals surface area contributed by atoms with E-state index in [1.807, 2.05) is 0 Å². The second-order valence-corrected chi connectivity index (χ2v) is 7.34. The lowest BCUT2D eigenvalue weighted by atomic mass is 10.2. The second-order valence-electron chi connectivity index (χ2n) is 6.98. The fraction of sp³-hybridized carbons (Fsp3) is 0.471. The number of rotatable bonds is 4. The number of aromatic nitrogens is 3. The van der Waals surface area contributed by atoms with Crippen molar-refractivity contribution >= 4 is 17.6 Å². The molecule has 0 bridgehead atoms. The molecule has 3 rings (SSSR count). The first-order valence-corrected chi connectivity index (χ1v) is 8.23. The Balaban J connectivity index is 1.76. The van der Waals surface area contributed by atoms with E-state index in [1.165, 1.54) is 0 Å². The molecule has 1 fully saturated rings. The van der Waals surface area contributed by atoms with Gasteiger partial charge >= 0.3 is 5.97 Å². The predicted octanol–water partition coefficient (Wildman–Crippen LogP) is 3.66. The van der Waals surface area contributed by atoms with Gasteiger partial charge in [-0.05, 0) is 45.2 Å². The van der Waals surface area contributed by atoms with Gasteiger partial charge in [-0.15, -0.1) is 5.10 Å². The lowest BCUT2D eigenvalue weighted by Gasteiger charge is -2.19. The quantitative estimate of drug-likeness (QED) is 0.622. The van der Waals surface area contributed by atoms with E-state index in [1.54, 1.807) is 49.8 Å². The molecule has 0 spiro atoms. The number of hydrogen-bond donors (Lipinski definition) is 0. The van der Waals surface area contributed by atoms with Gasteiger partial charge in [-0.1, -0.05) is 18.5 Å². The Kier molecular flexibility index (Phi) is 4.25. The third-order valence-corrected chi connectivity index (χ3v) is 3.85. The van der Waals surface area contributed by atoms with Crippen molar-refractivity contribution in [3.63, 3.8) is 0 Å². The van der Waals surface area contributed by atoms with Crippen LogP contribution in [0.1, 0.15) is 44.5 Å². The van der Waals surface area contributed by atoms with E-state index in [4.69, 9.17) is 21.1 Å². The molecular formula is C17H20ClN3O3. The van der Waals surface area contributed by atoms with Gasteiger partial charge in [-0.25, -0.2) is 14.5 Å². The third kappa shape index (κ3) is 3.87. The molecule has 1 saturated carbocycles. The maximum Gasteiger partial charge on any atom is 0.341 e. The van der Waals surface area contributed by atoms with Gasteiger partial charge in [0.2, 0.25) is 5.88 Å². The SMILES string of the molecule is C[C@@H]1CC1Oc1ccn(-c2ccc(C(=O)OC(C)(C)C)c(Cl)n2)n1. The van der Waals surface area contributed by atoms with Crippen LogP contribution in [0.5, 0.6) is 5.88 Å². The van der Waals surface area contributed by atoms with E-state index in [9.17, 15) is 4.79 Å². The maximum atomic E-state index is 12.1. The molecule has 1 aliphatic rings. The number of carbonyl (C=O) groups is 1. The van der Waals surface area contributed by atoms with Crippen molar-refractivity contribution in [2.45, 2.75) is 45.8 Å². The minimum atomic E-state index is -0.590. The highest BCUT2D eigenvalue weighted by Gasteiger charge is 2.35. The van der Waals surface area contributed by atoms with Gasteiger partial charge in [0.05, 0.1) is 5.56 Å². The van der Waals surface area contributed by atoms with Crippen LogP contribution in [0, 0.1) is 5.92 Å². The van der Waals surface area contributed by atoms with E-state index in [2.05, 4.69) is 17.0 Å². The summed E-state index contributed by atoms with van der Waals surface area (Å²) in [6.45, 7) is 7.53. The summed E-state index contributed by atoms with van der Waals surface area (Å²) < 4.78 is 12.6. The number of carbonyl (C=O) groups excluding carboxylic acids is 1.